The fourth-order valence-electron chi connectivity index (χ4n) is 15.5. The number of hydrogen-bond donors (Lipinski definition) is 0. The summed E-state index contributed by atoms with van der Waals surface area (Å²) in [5.74, 6) is 0. The Bertz CT molecular complexity index is 6710. The highest BCUT2D eigenvalue weighted by molar-refractivity contribution is 6.17. The molecule has 0 amide bonds. The van der Waals surface area contributed by atoms with Crippen LogP contribution in [0.4, 0.5) is 0 Å². The fraction of sp³-hybridized carbons (Fsp3) is 0. The molecule has 0 aliphatic heterocycles. The Labute approximate surface area is 550 Å². The van der Waals surface area contributed by atoms with Gasteiger partial charge >= 0.3 is 0 Å². The first-order chi connectivity index (χ1) is 47.6. The van der Waals surface area contributed by atoms with Gasteiger partial charge in [-0.25, -0.2) is 0 Å². The Morgan fingerprint density at radius 2 is 0.458 bits per heavy atom. The van der Waals surface area contributed by atoms with Gasteiger partial charge < -0.3 is 27.1 Å². The molecule has 0 aliphatic rings. The van der Waals surface area contributed by atoms with Crippen molar-refractivity contribution < 1.29 is 8.83 Å². The number of fused-ring (bicyclic) bond motifs is 18. The maximum atomic E-state index is 6.51. The molecule has 448 valence electrons. The molecule has 0 bridgehead atoms. The molecule has 0 atom stereocenters. The van der Waals surface area contributed by atoms with Crippen molar-refractivity contribution >= 4 is 131 Å². The van der Waals surface area contributed by atoms with Crippen molar-refractivity contribution in [3.8, 4) is 56.1 Å². The Morgan fingerprint density at radius 1 is 0.167 bits per heavy atom. The van der Waals surface area contributed by atoms with E-state index in [1.54, 1.807) is 0 Å². The zero-order valence-electron chi connectivity index (χ0n) is 51.9. The lowest BCUT2D eigenvalue weighted by atomic mass is 10.0. The van der Waals surface area contributed by atoms with E-state index in [0.717, 1.165) is 77.5 Å². The third-order valence-corrected chi connectivity index (χ3v) is 19.8. The minimum absolute atomic E-state index is 0.904. The van der Waals surface area contributed by atoms with Gasteiger partial charge in [0, 0.05) is 76.0 Å². The van der Waals surface area contributed by atoms with Gasteiger partial charge in [0.05, 0.1) is 55.5 Å². The number of nitrogens with zero attached hydrogens (tertiary/aromatic N) is 4. The monoisotopic (exact) mass is 1220 g/mol. The molecule has 21 rings (SSSR count). The minimum Gasteiger partial charge on any atom is -0.454 e. The summed E-state index contributed by atoms with van der Waals surface area (Å²) in [7, 11) is 0. The maximum Gasteiger partial charge on any atom is 0.159 e. The van der Waals surface area contributed by atoms with E-state index in [-0.39, 0.29) is 0 Å². The summed E-state index contributed by atoms with van der Waals surface area (Å²) in [4.78, 5) is 0. The van der Waals surface area contributed by atoms with Crippen LogP contribution in [-0.2, 0) is 0 Å². The zero-order chi connectivity index (χ0) is 63.0. The highest BCUT2D eigenvalue weighted by Crippen LogP contribution is 2.44. The SMILES string of the molecule is c1ccc(-c2cccc(-n3c4ccccc4c4cc(-c5ccc6c(c5)c5ccccc5n6-c5cccc6c5oc5ccccc56)ccc43)c2)cc1.c1ccc(-n2c3ccccc3c3cc(-c4ccc5c(c4)c4ccccc4n5-c4cccc5c4oc4ccccc45)ccc32)cc1. The maximum absolute atomic E-state index is 6.51. The molecule has 0 radical (unpaired) electrons. The number of aromatic nitrogens is 4. The van der Waals surface area contributed by atoms with Gasteiger partial charge in [0.1, 0.15) is 11.2 Å². The van der Waals surface area contributed by atoms with Crippen LogP contribution in [0.1, 0.15) is 0 Å². The molecule has 0 N–H and O–H groups in total. The predicted octanol–water partition coefficient (Wildman–Crippen LogP) is 24.6. The van der Waals surface area contributed by atoms with E-state index in [9.17, 15) is 0 Å². The number of furan rings is 2. The van der Waals surface area contributed by atoms with Crippen molar-refractivity contribution in [3.05, 3.63) is 340 Å². The van der Waals surface area contributed by atoms with E-state index in [1.165, 1.54) is 110 Å². The topological polar surface area (TPSA) is 46.0 Å². The van der Waals surface area contributed by atoms with E-state index < -0.39 is 0 Å². The van der Waals surface area contributed by atoms with Crippen LogP contribution in [-0.4, -0.2) is 18.3 Å². The lowest BCUT2D eigenvalue weighted by molar-refractivity contribution is 0.666. The zero-order valence-corrected chi connectivity index (χ0v) is 51.9. The number of rotatable bonds is 7. The predicted molar refractivity (Wildman–Crippen MR) is 401 cm³/mol. The van der Waals surface area contributed by atoms with Gasteiger partial charge in [-0.15, -0.1) is 0 Å². The first kappa shape index (κ1) is 53.7. The molecule has 0 aliphatic carbocycles. The fourth-order valence-corrected chi connectivity index (χ4v) is 15.5. The lowest BCUT2D eigenvalue weighted by Gasteiger charge is -2.11. The molecule has 0 fully saturated rings. The molecule has 6 heterocycles. The quantitative estimate of drug-likeness (QED) is 0.160. The van der Waals surface area contributed by atoms with Gasteiger partial charge in [-0.1, -0.05) is 218 Å². The van der Waals surface area contributed by atoms with Gasteiger partial charge in [-0.2, -0.15) is 0 Å². The van der Waals surface area contributed by atoms with Crippen LogP contribution < -0.4 is 0 Å². The second-order valence-electron chi connectivity index (χ2n) is 25.1. The van der Waals surface area contributed by atoms with Crippen molar-refractivity contribution in [2.75, 3.05) is 0 Å². The molecule has 6 heteroatoms. The highest BCUT2D eigenvalue weighted by atomic mass is 16.3. The summed E-state index contributed by atoms with van der Waals surface area (Å²) >= 11 is 0. The lowest BCUT2D eigenvalue weighted by Crippen LogP contribution is -1.94. The third kappa shape index (κ3) is 8.25. The van der Waals surface area contributed by atoms with Crippen LogP contribution in [0.5, 0.6) is 0 Å². The van der Waals surface area contributed by atoms with Crippen molar-refractivity contribution in [2.24, 2.45) is 0 Å². The van der Waals surface area contributed by atoms with Crippen molar-refractivity contribution in [1.82, 2.24) is 18.3 Å². The smallest absolute Gasteiger partial charge is 0.159 e. The number of benzene rings is 15. The summed E-state index contributed by atoms with van der Waals surface area (Å²) < 4.78 is 22.5. The van der Waals surface area contributed by atoms with E-state index in [1.807, 2.05) is 24.3 Å². The van der Waals surface area contributed by atoms with Crippen molar-refractivity contribution in [2.45, 2.75) is 0 Å². The van der Waals surface area contributed by atoms with Gasteiger partial charge in [0.15, 0.2) is 11.2 Å². The van der Waals surface area contributed by atoms with Crippen LogP contribution in [0.15, 0.2) is 349 Å². The van der Waals surface area contributed by atoms with Crippen LogP contribution in [0.2, 0.25) is 0 Å². The molecule has 6 nitrogen and oxygen atoms in total. The van der Waals surface area contributed by atoms with E-state index >= 15 is 0 Å². The van der Waals surface area contributed by atoms with Crippen molar-refractivity contribution in [3.63, 3.8) is 0 Å². The number of para-hydroxylation sites is 9. The van der Waals surface area contributed by atoms with Gasteiger partial charge in [0.25, 0.3) is 0 Å². The van der Waals surface area contributed by atoms with Crippen LogP contribution in [0.3, 0.4) is 0 Å². The largest absolute Gasteiger partial charge is 0.454 e. The second-order valence-corrected chi connectivity index (χ2v) is 25.1. The van der Waals surface area contributed by atoms with Crippen LogP contribution in [0, 0.1) is 0 Å². The summed E-state index contributed by atoms with van der Waals surface area (Å²) in [6.45, 7) is 0. The third-order valence-electron chi connectivity index (χ3n) is 19.8. The Hall–Kier alpha value is -12.9. The van der Waals surface area contributed by atoms with E-state index in [2.05, 4.69) is 334 Å². The molecule has 15 aromatic carbocycles. The highest BCUT2D eigenvalue weighted by Gasteiger charge is 2.22. The van der Waals surface area contributed by atoms with E-state index in [4.69, 9.17) is 8.83 Å². The van der Waals surface area contributed by atoms with Gasteiger partial charge in [-0.3, -0.25) is 0 Å². The average molecular weight is 1230 g/mol. The van der Waals surface area contributed by atoms with Crippen molar-refractivity contribution in [1.29, 1.82) is 0 Å². The molecule has 6 aromatic heterocycles. The average Bonchev–Trinajstić information content (AvgIpc) is 1.59. The standard InChI is InChI=1S/C48H30N2O.C42H26N2O/c1-2-12-31(13-3-1)32-14-10-15-35(28-32)49-42-20-7-4-16-36(42)40-29-33(24-26-44(40)49)34-25-27-45-41(30-34)37-17-5-8-21-43(37)50(45)46-22-11-19-39-38-18-6-9-23-47(38)51-48(39)46;1-2-11-29(12-3-1)43-36-17-7-4-13-30(36)34-25-27(21-23-38(34)43)28-22-24-39-35(26-28)31-14-5-8-18-37(31)44(39)40-19-10-16-33-32-15-6-9-20-41(32)45-42(33)40/h1-30H;1-26H. The second kappa shape index (κ2) is 21.3. The van der Waals surface area contributed by atoms with E-state index in [0.29, 0.717) is 0 Å². The summed E-state index contributed by atoms with van der Waals surface area (Å²) in [5, 5.41) is 14.4. The molecule has 0 spiro atoms. The normalized spacial score (nSPS) is 12.0. The molecule has 0 unspecified atom stereocenters. The summed E-state index contributed by atoms with van der Waals surface area (Å²) in [6, 6.07) is 122. The summed E-state index contributed by atoms with van der Waals surface area (Å²) in [6.07, 6.45) is 0. The molecule has 96 heavy (non-hydrogen) atoms. The summed E-state index contributed by atoms with van der Waals surface area (Å²) in [5.41, 5.74) is 24.7. The number of hydrogen-bond acceptors (Lipinski definition) is 2. The van der Waals surface area contributed by atoms with Gasteiger partial charge in [0.2, 0.25) is 0 Å². The Kier molecular flexibility index (Phi) is 11.9. The minimum atomic E-state index is 0.904. The first-order valence-electron chi connectivity index (χ1n) is 32.8. The molecular formula is C90H56N4O2. The molecular weight excluding hydrogens is 1170 g/mol. The first-order valence-corrected chi connectivity index (χ1v) is 32.8. The molecule has 0 saturated carbocycles. The van der Waals surface area contributed by atoms with Crippen LogP contribution in [0.25, 0.3) is 187 Å². The molecule has 21 aromatic rings. The Balaban J connectivity index is 0.000000132. The molecule has 0 saturated heterocycles. The van der Waals surface area contributed by atoms with Gasteiger partial charge in [-0.05, 0) is 155 Å². The van der Waals surface area contributed by atoms with Crippen LogP contribution >= 0.6 is 0 Å². The Morgan fingerprint density at radius 3 is 0.896 bits per heavy atom.